The molecule has 5 heteroatoms. The van der Waals surface area contributed by atoms with Gasteiger partial charge in [0.1, 0.15) is 0 Å². The number of hydrogen-bond acceptors (Lipinski definition) is 4. The van der Waals surface area contributed by atoms with Crippen molar-refractivity contribution >= 4 is 11.5 Å². The summed E-state index contributed by atoms with van der Waals surface area (Å²) in [7, 11) is 1.97. The first kappa shape index (κ1) is 13.2. The van der Waals surface area contributed by atoms with Crippen molar-refractivity contribution in [2.24, 2.45) is 7.05 Å². The van der Waals surface area contributed by atoms with Crippen LogP contribution in [0.5, 0.6) is 0 Å². The number of rotatable bonds is 3. The Morgan fingerprint density at radius 3 is 2.83 bits per heavy atom. The topological polar surface area (TPSA) is 56.3 Å². The lowest BCUT2D eigenvalue weighted by Crippen LogP contribution is -2.48. The molecule has 1 aliphatic rings. The average Bonchev–Trinajstić information content (AvgIpc) is 2.59. The summed E-state index contributed by atoms with van der Waals surface area (Å²) in [6.45, 7) is 8.02. The fraction of sp³-hybridized carbons (Fsp3) is 0.769. The Bertz CT molecular complexity index is 415. The van der Waals surface area contributed by atoms with Crippen LogP contribution >= 0.6 is 0 Å². The highest BCUT2D eigenvalue weighted by Crippen LogP contribution is 2.30. The monoisotopic (exact) mass is 252 g/mol. The lowest BCUT2D eigenvalue weighted by Gasteiger charge is -2.38. The molecule has 2 atom stereocenters. The minimum Gasteiger partial charge on any atom is -0.394 e. The summed E-state index contributed by atoms with van der Waals surface area (Å²) in [5, 5.41) is 4.54. The van der Waals surface area contributed by atoms with E-state index in [1.54, 1.807) is 0 Å². The Labute approximate surface area is 109 Å². The van der Waals surface area contributed by atoms with Crippen LogP contribution in [0.15, 0.2) is 0 Å². The molecular formula is C13H24N4O. The molecule has 0 aromatic carbocycles. The zero-order valence-electron chi connectivity index (χ0n) is 11.8. The van der Waals surface area contributed by atoms with Gasteiger partial charge in [0.15, 0.2) is 5.82 Å². The summed E-state index contributed by atoms with van der Waals surface area (Å²) < 4.78 is 7.58. The summed E-state index contributed by atoms with van der Waals surface area (Å²) in [5.41, 5.74) is 8.11. The minimum atomic E-state index is 0.241. The number of aryl methyl sites for hydroxylation is 2. The van der Waals surface area contributed by atoms with E-state index in [0.29, 0.717) is 6.04 Å². The predicted octanol–water partition coefficient (Wildman–Crippen LogP) is 1.57. The molecular weight excluding hydrogens is 228 g/mol. The van der Waals surface area contributed by atoms with Gasteiger partial charge in [-0.25, -0.2) is 0 Å². The lowest BCUT2D eigenvalue weighted by molar-refractivity contribution is 0.0338. The largest absolute Gasteiger partial charge is 0.394 e. The van der Waals surface area contributed by atoms with Gasteiger partial charge in [-0.05, 0) is 20.3 Å². The van der Waals surface area contributed by atoms with Crippen LogP contribution in [0.1, 0.15) is 32.9 Å². The third kappa shape index (κ3) is 2.32. The van der Waals surface area contributed by atoms with Crippen molar-refractivity contribution in [3.63, 3.8) is 0 Å². The molecule has 5 nitrogen and oxygen atoms in total. The van der Waals surface area contributed by atoms with E-state index in [4.69, 9.17) is 10.5 Å². The number of hydrogen-bond donors (Lipinski definition) is 1. The average molecular weight is 252 g/mol. The van der Waals surface area contributed by atoms with Crippen LogP contribution in [0.3, 0.4) is 0 Å². The van der Waals surface area contributed by atoms with E-state index >= 15 is 0 Å². The second-order valence-electron chi connectivity index (χ2n) is 5.20. The van der Waals surface area contributed by atoms with E-state index in [9.17, 15) is 0 Å². The summed E-state index contributed by atoms with van der Waals surface area (Å²) in [6, 6.07) is 0.341. The SMILES string of the molecule is CCCc1nn(C)c(N2CC(C)OCC2C)c1N. The van der Waals surface area contributed by atoms with Crippen LogP contribution in [0.25, 0.3) is 0 Å². The van der Waals surface area contributed by atoms with Gasteiger partial charge >= 0.3 is 0 Å². The number of nitrogens with two attached hydrogens (primary N) is 1. The summed E-state index contributed by atoms with van der Waals surface area (Å²) in [5.74, 6) is 1.04. The summed E-state index contributed by atoms with van der Waals surface area (Å²) >= 11 is 0. The fourth-order valence-corrected chi connectivity index (χ4v) is 2.55. The minimum absolute atomic E-state index is 0.241. The van der Waals surface area contributed by atoms with Gasteiger partial charge in [0.05, 0.1) is 30.1 Å². The van der Waals surface area contributed by atoms with Crippen molar-refractivity contribution in [2.45, 2.75) is 45.8 Å². The van der Waals surface area contributed by atoms with Crippen LogP contribution in [-0.4, -0.2) is 35.1 Å². The number of morpholine rings is 1. The maximum atomic E-state index is 6.26. The van der Waals surface area contributed by atoms with Gasteiger partial charge < -0.3 is 15.4 Å². The molecule has 0 amide bonds. The van der Waals surface area contributed by atoms with E-state index in [1.807, 2.05) is 11.7 Å². The molecule has 2 unspecified atom stereocenters. The van der Waals surface area contributed by atoms with E-state index in [-0.39, 0.29) is 6.10 Å². The molecule has 1 aliphatic heterocycles. The van der Waals surface area contributed by atoms with Crippen molar-refractivity contribution in [3.05, 3.63) is 5.69 Å². The Kier molecular flexibility index (Phi) is 3.80. The highest BCUT2D eigenvalue weighted by molar-refractivity contribution is 5.67. The Morgan fingerprint density at radius 2 is 2.17 bits per heavy atom. The first-order valence-electron chi connectivity index (χ1n) is 6.74. The molecule has 102 valence electrons. The van der Waals surface area contributed by atoms with Crippen molar-refractivity contribution in [2.75, 3.05) is 23.8 Å². The van der Waals surface area contributed by atoms with Crippen LogP contribution in [0.4, 0.5) is 11.5 Å². The van der Waals surface area contributed by atoms with Crippen LogP contribution in [-0.2, 0) is 18.2 Å². The quantitative estimate of drug-likeness (QED) is 0.887. The van der Waals surface area contributed by atoms with Crippen LogP contribution < -0.4 is 10.6 Å². The van der Waals surface area contributed by atoms with Crippen molar-refractivity contribution in [1.29, 1.82) is 0 Å². The molecule has 0 spiro atoms. The second kappa shape index (κ2) is 5.18. The molecule has 2 N–H and O–H groups in total. The van der Waals surface area contributed by atoms with E-state index < -0.39 is 0 Å². The molecule has 18 heavy (non-hydrogen) atoms. The molecule has 1 fully saturated rings. The van der Waals surface area contributed by atoms with Gasteiger partial charge in [-0.1, -0.05) is 13.3 Å². The normalized spacial score (nSPS) is 24.6. The molecule has 1 saturated heterocycles. The van der Waals surface area contributed by atoms with Gasteiger partial charge in [0.2, 0.25) is 0 Å². The number of ether oxygens (including phenoxy) is 1. The van der Waals surface area contributed by atoms with Gasteiger partial charge in [-0.2, -0.15) is 5.10 Å². The van der Waals surface area contributed by atoms with Crippen LogP contribution in [0.2, 0.25) is 0 Å². The van der Waals surface area contributed by atoms with Crippen LogP contribution in [0, 0.1) is 0 Å². The number of nitrogens with zero attached hydrogens (tertiary/aromatic N) is 3. The molecule has 0 radical (unpaired) electrons. The maximum absolute atomic E-state index is 6.26. The van der Waals surface area contributed by atoms with Gasteiger partial charge in [0.25, 0.3) is 0 Å². The zero-order valence-corrected chi connectivity index (χ0v) is 11.8. The van der Waals surface area contributed by atoms with Gasteiger partial charge in [-0.15, -0.1) is 0 Å². The first-order valence-corrected chi connectivity index (χ1v) is 6.74. The smallest absolute Gasteiger partial charge is 0.150 e. The molecule has 0 aliphatic carbocycles. The molecule has 1 aromatic heterocycles. The first-order chi connectivity index (χ1) is 8.54. The third-order valence-corrected chi connectivity index (χ3v) is 3.50. The molecule has 2 heterocycles. The van der Waals surface area contributed by atoms with E-state index in [2.05, 4.69) is 30.8 Å². The molecule has 1 aromatic rings. The fourth-order valence-electron chi connectivity index (χ4n) is 2.55. The Balaban J connectivity index is 2.31. The number of nitrogen functional groups attached to an aromatic ring is 1. The van der Waals surface area contributed by atoms with Gasteiger partial charge in [-0.3, -0.25) is 4.68 Å². The maximum Gasteiger partial charge on any atom is 0.150 e. The predicted molar refractivity (Wildman–Crippen MR) is 73.8 cm³/mol. The Morgan fingerprint density at radius 1 is 1.44 bits per heavy atom. The standard InChI is InChI=1S/C13H24N4O/c1-5-6-11-12(14)13(16(4)15-11)17-7-10(3)18-8-9(17)2/h9-10H,5-8,14H2,1-4H3. The summed E-state index contributed by atoms with van der Waals surface area (Å²) in [6.07, 6.45) is 2.24. The molecule has 0 bridgehead atoms. The second-order valence-corrected chi connectivity index (χ2v) is 5.20. The summed E-state index contributed by atoms with van der Waals surface area (Å²) in [4.78, 5) is 2.32. The highest BCUT2D eigenvalue weighted by atomic mass is 16.5. The lowest BCUT2D eigenvalue weighted by atomic mass is 10.2. The number of aromatic nitrogens is 2. The van der Waals surface area contributed by atoms with Crippen molar-refractivity contribution < 1.29 is 4.74 Å². The Hall–Kier alpha value is -1.23. The highest BCUT2D eigenvalue weighted by Gasteiger charge is 2.28. The number of anilines is 2. The van der Waals surface area contributed by atoms with E-state index in [1.165, 1.54) is 0 Å². The third-order valence-electron chi connectivity index (χ3n) is 3.50. The van der Waals surface area contributed by atoms with Gasteiger partial charge in [0, 0.05) is 13.6 Å². The molecule has 2 rings (SSSR count). The van der Waals surface area contributed by atoms with Crippen molar-refractivity contribution in [1.82, 2.24) is 9.78 Å². The zero-order chi connectivity index (χ0) is 13.3. The van der Waals surface area contributed by atoms with Crippen molar-refractivity contribution in [3.8, 4) is 0 Å². The molecule has 0 saturated carbocycles. The van der Waals surface area contributed by atoms with E-state index in [0.717, 1.165) is 43.2 Å².